The molecule has 0 aliphatic rings. The molecular formula is C13H17ClN4O. The second-order valence-electron chi connectivity index (χ2n) is 4.10. The topological polar surface area (TPSA) is 52.0 Å². The van der Waals surface area contributed by atoms with Crippen molar-refractivity contribution < 1.29 is 4.74 Å². The van der Waals surface area contributed by atoms with E-state index in [2.05, 4.69) is 22.3 Å². The van der Waals surface area contributed by atoms with Gasteiger partial charge in [0.1, 0.15) is 18.7 Å². The van der Waals surface area contributed by atoms with Crippen molar-refractivity contribution >= 4 is 11.6 Å². The summed E-state index contributed by atoms with van der Waals surface area (Å²) in [6, 6.07) is 5.74. The number of halogens is 1. The third kappa shape index (κ3) is 3.45. The number of ether oxygens (including phenoxy) is 1. The fourth-order valence-corrected chi connectivity index (χ4v) is 1.95. The molecule has 2 rings (SSSR count). The number of aryl methyl sites for hydroxylation is 1. The van der Waals surface area contributed by atoms with Crippen molar-refractivity contribution in [3.63, 3.8) is 0 Å². The van der Waals surface area contributed by atoms with Gasteiger partial charge >= 0.3 is 0 Å². The van der Waals surface area contributed by atoms with Crippen LogP contribution in [0.3, 0.4) is 0 Å². The molecule has 6 heteroatoms. The summed E-state index contributed by atoms with van der Waals surface area (Å²) in [4.78, 5) is 4.12. The highest BCUT2D eigenvalue weighted by Gasteiger charge is 2.10. The molecule has 0 spiro atoms. The molecule has 1 aromatic heterocycles. The highest BCUT2D eigenvalue weighted by Crippen LogP contribution is 2.29. The first-order chi connectivity index (χ1) is 9.22. The Kier molecular flexibility index (Phi) is 4.76. The van der Waals surface area contributed by atoms with E-state index < -0.39 is 0 Å². The third-order valence-electron chi connectivity index (χ3n) is 2.76. The van der Waals surface area contributed by atoms with E-state index in [1.165, 1.54) is 6.33 Å². The number of hydrogen-bond donors (Lipinski definition) is 1. The number of nitrogens with zero attached hydrogens (tertiary/aromatic N) is 3. The molecule has 0 saturated heterocycles. The minimum Gasteiger partial charge on any atom is -0.484 e. The van der Waals surface area contributed by atoms with Gasteiger partial charge in [-0.15, -0.1) is 0 Å². The summed E-state index contributed by atoms with van der Waals surface area (Å²) in [6.07, 6.45) is 1.50. The predicted octanol–water partition coefficient (Wildman–Crippen LogP) is 2.16. The van der Waals surface area contributed by atoms with E-state index in [-0.39, 0.29) is 0 Å². The predicted molar refractivity (Wildman–Crippen MR) is 74.2 cm³/mol. The van der Waals surface area contributed by atoms with Crippen molar-refractivity contribution in [2.75, 3.05) is 6.54 Å². The Morgan fingerprint density at radius 1 is 1.42 bits per heavy atom. The third-order valence-corrected chi connectivity index (χ3v) is 3.06. The minimum absolute atomic E-state index is 0.347. The van der Waals surface area contributed by atoms with Gasteiger partial charge in [0, 0.05) is 19.2 Å². The van der Waals surface area contributed by atoms with Crippen LogP contribution in [0.4, 0.5) is 0 Å². The van der Waals surface area contributed by atoms with Gasteiger partial charge in [-0.05, 0) is 12.6 Å². The van der Waals surface area contributed by atoms with E-state index in [0.29, 0.717) is 17.4 Å². The van der Waals surface area contributed by atoms with Gasteiger partial charge in [-0.3, -0.25) is 4.68 Å². The first-order valence-electron chi connectivity index (χ1n) is 6.16. The molecule has 1 heterocycles. The molecule has 102 valence electrons. The van der Waals surface area contributed by atoms with Gasteiger partial charge in [0.15, 0.2) is 5.82 Å². The van der Waals surface area contributed by atoms with Gasteiger partial charge in [0.05, 0.1) is 5.02 Å². The lowest BCUT2D eigenvalue weighted by molar-refractivity contribution is 0.286. The molecule has 0 bridgehead atoms. The smallest absolute Gasteiger partial charge is 0.164 e. The average Bonchev–Trinajstić information content (AvgIpc) is 2.81. The Morgan fingerprint density at radius 3 is 2.95 bits per heavy atom. The fraction of sp³-hybridized carbons (Fsp3) is 0.385. The van der Waals surface area contributed by atoms with E-state index >= 15 is 0 Å². The van der Waals surface area contributed by atoms with Crippen molar-refractivity contribution in [3.05, 3.63) is 40.9 Å². The molecule has 0 radical (unpaired) electrons. The van der Waals surface area contributed by atoms with Gasteiger partial charge in [-0.2, -0.15) is 5.10 Å². The zero-order chi connectivity index (χ0) is 13.7. The van der Waals surface area contributed by atoms with Crippen LogP contribution in [0, 0.1) is 0 Å². The van der Waals surface area contributed by atoms with Gasteiger partial charge in [-0.1, -0.05) is 30.7 Å². The van der Waals surface area contributed by atoms with E-state index in [9.17, 15) is 0 Å². The standard InChI is InChI=1S/C13H17ClN4O/c1-3-15-7-10-5-4-6-11(14)13(10)19-8-12-16-9-17-18(12)2/h4-6,9,15H,3,7-8H2,1-2H3. The maximum absolute atomic E-state index is 6.19. The van der Waals surface area contributed by atoms with Crippen LogP contribution in [-0.4, -0.2) is 21.3 Å². The Morgan fingerprint density at radius 2 is 2.26 bits per heavy atom. The molecule has 2 aromatic rings. The van der Waals surface area contributed by atoms with Crippen molar-refractivity contribution in [2.45, 2.75) is 20.1 Å². The zero-order valence-electron chi connectivity index (χ0n) is 11.1. The van der Waals surface area contributed by atoms with Gasteiger partial charge in [-0.25, -0.2) is 4.98 Å². The Hall–Kier alpha value is -1.59. The maximum atomic E-state index is 6.19. The van der Waals surface area contributed by atoms with Gasteiger partial charge < -0.3 is 10.1 Å². The van der Waals surface area contributed by atoms with Gasteiger partial charge in [0.25, 0.3) is 0 Å². The Labute approximate surface area is 117 Å². The zero-order valence-corrected chi connectivity index (χ0v) is 11.8. The summed E-state index contributed by atoms with van der Waals surface area (Å²) in [5.74, 6) is 1.46. The minimum atomic E-state index is 0.347. The van der Waals surface area contributed by atoms with Crippen LogP contribution in [0.15, 0.2) is 24.5 Å². The number of hydrogen-bond acceptors (Lipinski definition) is 4. The summed E-state index contributed by atoms with van der Waals surface area (Å²) < 4.78 is 7.48. The van der Waals surface area contributed by atoms with Crippen LogP contribution in [0.5, 0.6) is 5.75 Å². The lowest BCUT2D eigenvalue weighted by Gasteiger charge is -2.13. The van der Waals surface area contributed by atoms with Crippen LogP contribution in [0.2, 0.25) is 5.02 Å². The van der Waals surface area contributed by atoms with Crippen molar-refractivity contribution in [3.8, 4) is 5.75 Å². The van der Waals surface area contributed by atoms with Crippen LogP contribution in [-0.2, 0) is 20.2 Å². The second kappa shape index (κ2) is 6.54. The number of nitrogens with one attached hydrogen (secondary N) is 1. The molecule has 0 atom stereocenters. The molecule has 1 N–H and O–H groups in total. The fourth-order valence-electron chi connectivity index (χ4n) is 1.70. The average molecular weight is 281 g/mol. The lowest BCUT2D eigenvalue weighted by atomic mass is 10.2. The molecule has 0 fully saturated rings. The molecule has 0 amide bonds. The molecular weight excluding hydrogens is 264 g/mol. The molecule has 0 aliphatic carbocycles. The van der Waals surface area contributed by atoms with Crippen molar-refractivity contribution in [1.29, 1.82) is 0 Å². The van der Waals surface area contributed by atoms with Crippen molar-refractivity contribution in [1.82, 2.24) is 20.1 Å². The lowest BCUT2D eigenvalue weighted by Crippen LogP contribution is -2.13. The summed E-state index contributed by atoms with van der Waals surface area (Å²) in [5, 5.41) is 7.88. The highest BCUT2D eigenvalue weighted by atomic mass is 35.5. The molecule has 5 nitrogen and oxygen atoms in total. The first-order valence-corrected chi connectivity index (χ1v) is 6.54. The number of benzene rings is 1. The molecule has 0 aliphatic heterocycles. The summed E-state index contributed by atoms with van der Waals surface area (Å²) in [7, 11) is 1.83. The number of rotatable bonds is 6. The van der Waals surface area contributed by atoms with Crippen LogP contribution >= 0.6 is 11.6 Å². The normalized spacial score (nSPS) is 10.7. The monoisotopic (exact) mass is 280 g/mol. The van der Waals surface area contributed by atoms with Crippen LogP contribution in [0.1, 0.15) is 18.3 Å². The van der Waals surface area contributed by atoms with Crippen LogP contribution in [0.25, 0.3) is 0 Å². The van der Waals surface area contributed by atoms with Crippen LogP contribution < -0.4 is 10.1 Å². The van der Waals surface area contributed by atoms with Gasteiger partial charge in [0.2, 0.25) is 0 Å². The highest BCUT2D eigenvalue weighted by molar-refractivity contribution is 6.32. The SMILES string of the molecule is CCNCc1cccc(Cl)c1OCc1ncnn1C. The van der Waals surface area contributed by atoms with E-state index in [0.717, 1.165) is 24.5 Å². The summed E-state index contributed by atoms with van der Waals surface area (Å²) >= 11 is 6.19. The Balaban J connectivity index is 2.12. The first kappa shape index (κ1) is 13.8. The maximum Gasteiger partial charge on any atom is 0.164 e. The second-order valence-corrected chi connectivity index (χ2v) is 4.50. The van der Waals surface area contributed by atoms with E-state index in [4.69, 9.17) is 16.3 Å². The molecule has 19 heavy (non-hydrogen) atoms. The molecule has 0 saturated carbocycles. The molecule has 1 aromatic carbocycles. The quantitative estimate of drug-likeness (QED) is 0.881. The molecule has 0 unspecified atom stereocenters. The largest absolute Gasteiger partial charge is 0.484 e. The van der Waals surface area contributed by atoms with E-state index in [1.807, 2.05) is 25.2 Å². The summed E-state index contributed by atoms with van der Waals surface area (Å²) in [5.41, 5.74) is 1.04. The summed E-state index contributed by atoms with van der Waals surface area (Å²) in [6.45, 7) is 4.03. The Bertz CT molecular complexity index is 541. The van der Waals surface area contributed by atoms with Crippen molar-refractivity contribution in [2.24, 2.45) is 7.05 Å². The number of aromatic nitrogens is 3. The van der Waals surface area contributed by atoms with E-state index in [1.54, 1.807) is 4.68 Å². The number of para-hydroxylation sites is 1.